The summed E-state index contributed by atoms with van der Waals surface area (Å²) in [6, 6.07) is 10.6. The van der Waals surface area contributed by atoms with Crippen LogP contribution < -0.4 is 4.74 Å². The number of likely N-dealkylation sites (tertiary alicyclic amines) is 1. The Balaban J connectivity index is 2.09. The molecule has 1 heterocycles. The maximum atomic E-state index is 14.2. The van der Waals surface area contributed by atoms with E-state index in [1.54, 1.807) is 37.3 Å². The number of aryl methyl sites for hydroxylation is 1. The van der Waals surface area contributed by atoms with E-state index < -0.39 is 23.5 Å². The summed E-state index contributed by atoms with van der Waals surface area (Å²) in [5.41, 5.74) is 1.23. The number of aliphatic hydroxyl groups excluding tert-OH is 1. The number of hydrogen-bond donors (Lipinski definition) is 1. The van der Waals surface area contributed by atoms with E-state index in [0.717, 1.165) is 13.1 Å². The Morgan fingerprint density at radius 1 is 1.09 bits per heavy atom. The molecular formula is C26H31FN2O4. The Morgan fingerprint density at radius 2 is 1.76 bits per heavy atom. The normalized spacial score (nSPS) is 17.8. The summed E-state index contributed by atoms with van der Waals surface area (Å²) >= 11 is 0. The number of rotatable bonds is 9. The molecule has 3 rings (SSSR count). The van der Waals surface area contributed by atoms with Crippen molar-refractivity contribution in [3.8, 4) is 5.75 Å². The second kappa shape index (κ2) is 10.6. The predicted molar refractivity (Wildman–Crippen MR) is 126 cm³/mol. The number of Topliss-reactive ketones (excluding diaryl/α,β-unsaturated/α-hetero) is 1. The molecule has 0 unspecified atom stereocenters. The molecule has 1 aliphatic heterocycles. The standard InChI is InChI=1S/C26H31FN2O4/c1-5-28(6-2)14-15-29-23(18-10-12-20(13-11-18)33-7-3)22(25(31)26(29)32)24(30)19-9-8-17(4)21(27)16-19/h8-13,16,23,30H,5-7,14-15H2,1-4H3/t23-/m0/s1. The topological polar surface area (TPSA) is 70.1 Å². The van der Waals surface area contributed by atoms with Crippen molar-refractivity contribution in [1.82, 2.24) is 9.80 Å². The molecule has 0 bridgehead atoms. The molecule has 2 aromatic rings. The number of carbonyl (C=O) groups excluding carboxylic acids is 2. The Bertz CT molecular complexity index is 1040. The number of nitrogens with zero attached hydrogens (tertiary/aromatic N) is 2. The highest BCUT2D eigenvalue weighted by molar-refractivity contribution is 6.46. The van der Waals surface area contributed by atoms with Crippen molar-refractivity contribution in [3.05, 3.63) is 70.5 Å². The molecule has 7 heteroatoms. The Morgan fingerprint density at radius 3 is 2.33 bits per heavy atom. The van der Waals surface area contributed by atoms with Crippen LogP contribution >= 0.6 is 0 Å². The Kier molecular flexibility index (Phi) is 7.87. The van der Waals surface area contributed by atoms with Gasteiger partial charge >= 0.3 is 0 Å². The van der Waals surface area contributed by atoms with Crippen molar-refractivity contribution in [2.75, 3.05) is 32.8 Å². The molecule has 1 saturated heterocycles. The number of likely N-dealkylation sites (N-methyl/N-ethyl adjacent to an activating group) is 1. The number of benzene rings is 2. The zero-order valence-electron chi connectivity index (χ0n) is 19.6. The molecule has 1 aliphatic rings. The number of aliphatic hydroxyl groups is 1. The highest BCUT2D eigenvalue weighted by Gasteiger charge is 2.46. The summed E-state index contributed by atoms with van der Waals surface area (Å²) in [5.74, 6) is -1.65. The molecule has 1 fully saturated rings. The highest BCUT2D eigenvalue weighted by atomic mass is 19.1. The first-order valence-electron chi connectivity index (χ1n) is 11.3. The zero-order valence-corrected chi connectivity index (χ0v) is 19.6. The number of hydrogen-bond acceptors (Lipinski definition) is 5. The molecule has 1 atom stereocenters. The average Bonchev–Trinajstić information content (AvgIpc) is 3.06. The van der Waals surface area contributed by atoms with Gasteiger partial charge in [-0.15, -0.1) is 0 Å². The largest absolute Gasteiger partial charge is 0.507 e. The third kappa shape index (κ3) is 5.09. The smallest absolute Gasteiger partial charge is 0.295 e. The van der Waals surface area contributed by atoms with Crippen LogP contribution in [0.5, 0.6) is 5.75 Å². The lowest BCUT2D eigenvalue weighted by molar-refractivity contribution is -0.140. The van der Waals surface area contributed by atoms with Gasteiger partial charge in [0.15, 0.2) is 0 Å². The second-order valence-corrected chi connectivity index (χ2v) is 7.99. The van der Waals surface area contributed by atoms with Gasteiger partial charge < -0.3 is 19.6 Å². The van der Waals surface area contributed by atoms with Gasteiger partial charge in [-0.3, -0.25) is 9.59 Å². The number of halogens is 1. The first kappa shape index (κ1) is 24.5. The van der Waals surface area contributed by atoms with E-state index in [1.165, 1.54) is 17.0 Å². The highest BCUT2D eigenvalue weighted by Crippen LogP contribution is 2.39. The summed E-state index contributed by atoms with van der Waals surface area (Å²) < 4.78 is 19.7. The molecule has 2 aromatic carbocycles. The fraction of sp³-hybridized carbons (Fsp3) is 0.385. The summed E-state index contributed by atoms with van der Waals surface area (Å²) in [4.78, 5) is 29.8. The molecule has 1 amide bonds. The molecule has 0 radical (unpaired) electrons. The number of ether oxygens (including phenoxy) is 1. The lowest BCUT2D eigenvalue weighted by atomic mass is 9.95. The van der Waals surface area contributed by atoms with Crippen LogP contribution in [0.15, 0.2) is 48.0 Å². The monoisotopic (exact) mass is 454 g/mol. The first-order chi connectivity index (χ1) is 15.8. The van der Waals surface area contributed by atoms with Crippen LogP contribution in [0.3, 0.4) is 0 Å². The molecule has 1 N–H and O–H groups in total. The van der Waals surface area contributed by atoms with Gasteiger partial charge in [0.2, 0.25) is 0 Å². The molecule has 176 valence electrons. The minimum atomic E-state index is -0.777. The van der Waals surface area contributed by atoms with E-state index in [1.807, 2.05) is 20.8 Å². The van der Waals surface area contributed by atoms with E-state index in [-0.39, 0.29) is 16.9 Å². The molecule has 33 heavy (non-hydrogen) atoms. The molecule has 0 spiro atoms. The minimum absolute atomic E-state index is 0.0352. The average molecular weight is 455 g/mol. The summed E-state index contributed by atoms with van der Waals surface area (Å²) in [6.07, 6.45) is 0. The zero-order chi connectivity index (χ0) is 24.1. The minimum Gasteiger partial charge on any atom is -0.507 e. The van der Waals surface area contributed by atoms with Gasteiger partial charge in [0.25, 0.3) is 11.7 Å². The van der Waals surface area contributed by atoms with Crippen molar-refractivity contribution in [2.45, 2.75) is 33.7 Å². The molecule has 0 aliphatic carbocycles. The summed E-state index contributed by atoms with van der Waals surface area (Å²) in [6.45, 7) is 10.6. The van der Waals surface area contributed by atoms with Crippen LogP contribution in [0.4, 0.5) is 4.39 Å². The fourth-order valence-electron chi connectivity index (χ4n) is 4.05. The van der Waals surface area contributed by atoms with Gasteiger partial charge in [0.05, 0.1) is 18.2 Å². The lowest BCUT2D eigenvalue weighted by Gasteiger charge is -2.28. The Labute approximate surface area is 194 Å². The number of carbonyl (C=O) groups is 2. The maximum Gasteiger partial charge on any atom is 0.295 e. The number of ketones is 1. The third-order valence-corrected chi connectivity index (χ3v) is 6.04. The van der Waals surface area contributed by atoms with Crippen LogP contribution in [-0.2, 0) is 9.59 Å². The third-order valence-electron chi connectivity index (χ3n) is 6.04. The van der Waals surface area contributed by atoms with Gasteiger partial charge in [0, 0.05) is 18.7 Å². The van der Waals surface area contributed by atoms with Crippen LogP contribution in [0, 0.1) is 12.7 Å². The molecule has 0 saturated carbocycles. The molecule has 0 aromatic heterocycles. The van der Waals surface area contributed by atoms with Crippen molar-refractivity contribution in [3.63, 3.8) is 0 Å². The van der Waals surface area contributed by atoms with Gasteiger partial charge in [-0.25, -0.2) is 4.39 Å². The fourth-order valence-corrected chi connectivity index (χ4v) is 4.05. The van der Waals surface area contributed by atoms with Gasteiger partial charge in [-0.05, 0) is 56.3 Å². The predicted octanol–water partition coefficient (Wildman–Crippen LogP) is 4.30. The van der Waals surface area contributed by atoms with Gasteiger partial charge in [-0.1, -0.05) is 38.1 Å². The van der Waals surface area contributed by atoms with Gasteiger partial charge in [-0.2, -0.15) is 0 Å². The lowest BCUT2D eigenvalue weighted by Crippen LogP contribution is -2.38. The first-order valence-corrected chi connectivity index (χ1v) is 11.3. The quantitative estimate of drug-likeness (QED) is 0.348. The molecule has 6 nitrogen and oxygen atoms in total. The van der Waals surface area contributed by atoms with Crippen molar-refractivity contribution >= 4 is 17.4 Å². The van der Waals surface area contributed by atoms with E-state index in [4.69, 9.17) is 4.74 Å². The molecular weight excluding hydrogens is 423 g/mol. The van der Waals surface area contributed by atoms with Gasteiger partial charge in [0.1, 0.15) is 17.3 Å². The Hall–Kier alpha value is -3.19. The van der Waals surface area contributed by atoms with E-state index in [9.17, 15) is 19.1 Å². The van der Waals surface area contributed by atoms with E-state index >= 15 is 0 Å². The second-order valence-electron chi connectivity index (χ2n) is 7.99. The van der Waals surface area contributed by atoms with Crippen LogP contribution in [-0.4, -0.2) is 59.4 Å². The van der Waals surface area contributed by atoms with Crippen LogP contribution in [0.2, 0.25) is 0 Å². The SMILES string of the molecule is CCOc1ccc([C@H]2C(=C(O)c3ccc(C)c(F)c3)C(=O)C(=O)N2CCN(CC)CC)cc1. The van der Waals surface area contributed by atoms with E-state index in [2.05, 4.69) is 4.90 Å². The van der Waals surface area contributed by atoms with Crippen LogP contribution in [0.1, 0.15) is 43.5 Å². The van der Waals surface area contributed by atoms with E-state index in [0.29, 0.717) is 36.6 Å². The summed E-state index contributed by atoms with van der Waals surface area (Å²) in [7, 11) is 0. The summed E-state index contributed by atoms with van der Waals surface area (Å²) in [5, 5.41) is 11.1. The maximum absolute atomic E-state index is 14.2. The number of amides is 1. The van der Waals surface area contributed by atoms with Crippen molar-refractivity contribution in [2.24, 2.45) is 0 Å². The van der Waals surface area contributed by atoms with Crippen molar-refractivity contribution < 1.29 is 23.8 Å². The van der Waals surface area contributed by atoms with Crippen LogP contribution in [0.25, 0.3) is 5.76 Å². The van der Waals surface area contributed by atoms with Crippen molar-refractivity contribution in [1.29, 1.82) is 0 Å².